The van der Waals surface area contributed by atoms with E-state index in [1.807, 2.05) is 11.8 Å². The lowest BCUT2D eigenvalue weighted by molar-refractivity contribution is 0.348. The van der Waals surface area contributed by atoms with Gasteiger partial charge in [-0.1, -0.05) is 11.8 Å². The summed E-state index contributed by atoms with van der Waals surface area (Å²) in [6.45, 7) is 3.52. The van der Waals surface area contributed by atoms with Crippen LogP contribution in [-0.4, -0.2) is 35.5 Å². The van der Waals surface area contributed by atoms with Gasteiger partial charge in [-0.25, -0.2) is 0 Å². The highest BCUT2D eigenvalue weighted by Crippen LogP contribution is 2.19. The second kappa shape index (κ2) is 3.48. The van der Waals surface area contributed by atoms with E-state index >= 15 is 0 Å². The first-order valence-electron chi connectivity index (χ1n) is 4.39. The van der Waals surface area contributed by atoms with E-state index in [-0.39, 0.29) is 0 Å². The van der Waals surface area contributed by atoms with E-state index in [9.17, 15) is 0 Å². The normalized spacial score (nSPS) is 25.5. The largest absolute Gasteiger partial charge is 0.351 e. The first-order valence-corrected chi connectivity index (χ1v) is 5.37. The fourth-order valence-electron chi connectivity index (χ4n) is 1.60. The quantitative estimate of drug-likeness (QED) is 0.548. The molecule has 0 spiro atoms. The molecule has 0 atom stereocenters. The van der Waals surface area contributed by atoms with Crippen LogP contribution in [-0.2, 0) is 0 Å². The molecule has 0 aromatic carbocycles. The zero-order valence-corrected chi connectivity index (χ0v) is 7.57. The summed E-state index contributed by atoms with van der Waals surface area (Å²) >= 11 is 1.92. The SMILES string of the molecule is C1CCN(C2=NCCS2)CC1. The zero-order chi connectivity index (χ0) is 7.52. The fourth-order valence-corrected chi connectivity index (χ4v) is 2.51. The zero-order valence-electron chi connectivity index (χ0n) is 6.75. The summed E-state index contributed by atoms with van der Waals surface area (Å²) in [5.74, 6) is 1.20. The number of hydrogen-bond donors (Lipinski definition) is 0. The molecule has 62 valence electrons. The number of aliphatic imine (C=N–C) groups is 1. The fraction of sp³-hybridized carbons (Fsp3) is 0.875. The lowest BCUT2D eigenvalue weighted by Gasteiger charge is -2.27. The van der Waals surface area contributed by atoms with E-state index in [0.717, 1.165) is 6.54 Å². The first-order chi connectivity index (χ1) is 5.47. The Morgan fingerprint density at radius 2 is 2.00 bits per heavy atom. The average Bonchev–Trinajstić information content (AvgIpc) is 2.58. The molecule has 11 heavy (non-hydrogen) atoms. The second-order valence-corrected chi connectivity index (χ2v) is 4.12. The molecule has 0 radical (unpaired) electrons. The predicted octanol–water partition coefficient (Wildman–Crippen LogP) is 1.58. The van der Waals surface area contributed by atoms with Crippen molar-refractivity contribution in [2.24, 2.45) is 4.99 Å². The topological polar surface area (TPSA) is 15.6 Å². The van der Waals surface area contributed by atoms with Crippen LogP contribution in [0.5, 0.6) is 0 Å². The maximum Gasteiger partial charge on any atom is 0.159 e. The van der Waals surface area contributed by atoms with Crippen molar-refractivity contribution in [2.45, 2.75) is 19.3 Å². The van der Waals surface area contributed by atoms with Gasteiger partial charge in [0.15, 0.2) is 5.17 Å². The van der Waals surface area contributed by atoms with E-state index in [1.165, 1.54) is 43.3 Å². The number of nitrogens with zero attached hydrogens (tertiary/aromatic N) is 2. The number of likely N-dealkylation sites (tertiary alicyclic amines) is 1. The standard InChI is InChI=1S/C8H14N2S/c1-2-5-10(6-3-1)8-9-4-7-11-8/h1-7H2. The minimum Gasteiger partial charge on any atom is -0.351 e. The monoisotopic (exact) mass is 170 g/mol. The molecule has 2 aliphatic rings. The van der Waals surface area contributed by atoms with E-state index < -0.39 is 0 Å². The Bertz CT molecular complexity index is 161. The summed E-state index contributed by atoms with van der Waals surface area (Å²) in [5, 5.41) is 1.31. The summed E-state index contributed by atoms with van der Waals surface area (Å²) in [7, 11) is 0. The molecular formula is C8H14N2S. The molecule has 0 aliphatic carbocycles. The highest BCUT2D eigenvalue weighted by atomic mass is 32.2. The highest BCUT2D eigenvalue weighted by molar-refractivity contribution is 8.14. The molecule has 0 aromatic rings. The van der Waals surface area contributed by atoms with Gasteiger partial charge < -0.3 is 4.90 Å². The van der Waals surface area contributed by atoms with Crippen molar-refractivity contribution in [1.82, 2.24) is 4.90 Å². The number of piperidine rings is 1. The molecule has 0 amide bonds. The molecule has 3 heteroatoms. The molecule has 0 saturated carbocycles. The maximum absolute atomic E-state index is 4.46. The molecule has 2 aliphatic heterocycles. The third kappa shape index (κ3) is 1.70. The molecule has 2 nitrogen and oxygen atoms in total. The highest BCUT2D eigenvalue weighted by Gasteiger charge is 2.17. The predicted molar refractivity (Wildman–Crippen MR) is 50.2 cm³/mol. The molecule has 0 bridgehead atoms. The molecule has 2 heterocycles. The Balaban J connectivity index is 1.92. The summed E-state index contributed by atoms with van der Waals surface area (Å²) in [4.78, 5) is 6.91. The van der Waals surface area contributed by atoms with Gasteiger partial charge in [0, 0.05) is 18.8 Å². The van der Waals surface area contributed by atoms with E-state index in [2.05, 4.69) is 9.89 Å². The summed E-state index contributed by atoms with van der Waals surface area (Å²) in [6, 6.07) is 0. The van der Waals surface area contributed by atoms with Crippen molar-refractivity contribution in [3.8, 4) is 0 Å². The van der Waals surface area contributed by atoms with Crippen LogP contribution in [0.3, 0.4) is 0 Å². The van der Waals surface area contributed by atoms with Gasteiger partial charge >= 0.3 is 0 Å². The Morgan fingerprint density at radius 3 is 2.64 bits per heavy atom. The number of thioether (sulfide) groups is 1. The first kappa shape index (κ1) is 7.47. The van der Waals surface area contributed by atoms with Crippen molar-refractivity contribution in [3.05, 3.63) is 0 Å². The van der Waals surface area contributed by atoms with E-state index in [0.29, 0.717) is 0 Å². The minimum atomic E-state index is 1.04. The molecule has 1 saturated heterocycles. The molecular weight excluding hydrogens is 156 g/mol. The van der Waals surface area contributed by atoms with Crippen LogP contribution in [0.15, 0.2) is 4.99 Å². The van der Waals surface area contributed by atoms with Gasteiger partial charge in [-0.2, -0.15) is 0 Å². The van der Waals surface area contributed by atoms with Gasteiger partial charge in [0.25, 0.3) is 0 Å². The van der Waals surface area contributed by atoms with Gasteiger partial charge in [0.2, 0.25) is 0 Å². The maximum atomic E-state index is 4.46. The minimum absolute atomic E-state index is 1.04. The molecule has 0 unspecified atom stereocenters. The van der Waals surface area contributed by atoms with Crippen LogP contribution in [0.1, 0.15) is 19.3 Å². The average molecular weight is 170 g/mol. The van der Waals surface area contributed by atoms with E-state index in [1.54, 1.807) is 0 Å². The van der Waals surface area contributed by atoms with Gasteiger partial charge in [-0.15, -0.1) is 0 Å². The van der Waals surface area contributed by atoms with Crippen molar-refractivity contribution in [1.29, 1.82) is 0 Å². The van der Waals surface area contributed by atoms with Crippen LogP contribution in [0.25, 0.3) is 0 Å². The van der Waals surface area contributed by atoms with Crippen LogP contribution in [0, 0.1) is 0 Å². The Labute approximate surface area is 72.1 Å². The van der Waals surface area contributed by atoms with Gasteiger partial charge in [-0.05, 0) is 19.3 Å². The second-order valence-electron chi connectivity index (χ2n) is 3.06. The summed E-state index contributed by atoms with van der Waals surface area (Å²) in [6.07, 6.45) is 4.13. The number of hydrogen-bond acceptors (Lipinski definition) is 3. The lowest BCUT2D eigenvalue weighted by Crippen LogP contribution is -2.33. The van der Waals surface area contributed by atoms with Crippen LogP contribution in [0.4, 0.5) is 0 Å². The van der Waals surface area contributed by atoms with Crippen molar-refractivity contribution < 1.29 is 0 Å². The number of amidine groups is 1. The van der Waals surface area contributed by atoms with E-state index in [4.69, 9.17) is 0 Å². The Hall–Kier alpha value is -0.180. The van der Waals surface area contributed by atoms with Crippen molar-refractivity contribution in [3.63, 3.8) is 0 Å². The Kier molecular flexibility index (Phi) is 2.36. The number of rotatable bonds is 0. The van der Waals surface area contributed by atoms with Gasteiger partial charge in [-0.3, -0.25) is 4.99 Å². The third-order valence-electron chi connectivity index (χ3n) is 2.20. The summed E-state index contributed by atoms with van der Waals surface area (Å²) < 4.78 is 0. The Morgan fingerprint density at radius 1 is 1.18 bits per heavy atom. The van der Waals surface area contributed by atoms with Crippen LogP contribution in [0.2, 0.25) is 0 Å². The third-order valence-corrected chi connectivity index (χ3v) is 3.23. The smallest absolute Gasteiger partial charge is 0.159 e. The molecule has 2 rings (SSSR count). The van der Waals surface area contributed by atoms with Crippen molar-refractivity contribution >= 4 is 16.9 Å². The van der Waals surface area contributed by atoms with Gasteiger partial charge in [0.05, 0.1) is 6.54 Å². The van der Waals surface area contributed by atoms with Crippen LogP contribution >= 0.6 is 11.8 Å². The molecule has 0 aromatic heterocycles. The van der Waals surface area contributed by atoms with Crippen LogP contribution < -0.4 is 0 Å². The molecule has 0 N–H and O–H groups in total. The summed E-state index contributed by atoms with van der Waals surface area (Å²) in [5.41, 5.74) is 0. The van der Waals surface area contributed by atoms with Crippen molar-refractivity contribution in [2.75, 3.05) is 25.4 Å². The molecule has 1 fully saturated rings. The lowest BCUT2D eigenvalue weighted by atomic mass is 10.1. The van der Waals surface area contributed by atoms with Gasteiger partial charge in [0.1, 0.15) is 0 Å².